The lowest BCUT2D eigenvalue weighted by Gasteiger charge is -2.41. The summed E-state index contributed by atoms with van der Waals surface area (Å²) in [6.45, 7) is 5.77. The molecule has 0 rings (SSSR count). The molecule has 5 heteroatoms. The van der Waals surface area contributed by atoms with Crippen LogP contribution in [-0.4, -0.2) is 32.9 Å². The first-order valence-electron chi connectivity index (χ1n) is 6.93. The van der Waals surface area contributed by atoms with Crippen LogP contribution in [0.4, 0.5) is 0 Å². The average Bonchev–Trinajstić information content (AvgIpc) is 2.29. The van der Waals surface area contributed by atoms with Crippen molar-refractivity contribution in [2.45, 2.75) is 76.9 Å². The van der Waals surface area contributed by atoms with Crippen LogP contribution in [0.5, 0.6) is 0 Å². The van der Waals surface area contributed by atoms with Crippen molar-refractivity contribution < 1.29 is 15.3 Å². The van der Waals surface area contributed by atoms with Crippen molar-refractivity contribution in [2.75, 3.05) is 0 Å². The highest BCUT2D eigenvalue weighted by atomic mass is 16.4. The van der Waals surface area contributed by atoms with Gasteiger partial charge in [0.1, 0.15) is 6.10 Å². The highest BCUT2D eigenvalue weighted by Crippen LogP contribution is 2.27. The predicted octanol–water partition coefficient (Wildman–Crippen LogP) is 0.658. The second-order valence-electron chi connectivity index (χ2n) is 5.30. The van der Waals surface area contributed by atoms with Crippen LogP contribution in [0.15, 0.2) is 0 Å². The SMILES string of the molecule is CCCC(CCC)CC(O)C(N)(O)C(N)(O)CC. The van der Waals surface area contributed by atoms with Crippen LogP contribution in [0, 0.1) is 5.92 Å². The Labute approximate surface area is 110 Å². The van der Waals surface area contributed by atoms with Crippen LogP contribution in [0.2, 0.25) is 0 Å². The molecule has 110 valence electrons. The van der Waals surface area contributed by atoms with E-state index in [0.717, 1.165) is 25.7 Å². The number of hydrogen-bond acceptors (Lipinski definition) is 5. The topological polar surface area (TPSA) is 113 Å². The molecule has 3 unspecified atom stereocenters. The number of aliphatic hydroxyl groups is 3. The molecule has 0 fully saturated rings. The fraction of sp³-hybridized carbons (Fsp3) is 1.00. The molecule has 0 aliphatic heterocycles. The van der Waals surface area contributed by atoms with Crippen LogP contribution >= 0.6 is 0 Å². The second kappa shape index (κ2) is 7.40. The van der Waals surface area contributed by atoms with Crippen LogP contribution in [0.1, 0.15) is 59.3 Å². The second-order valence-corrected chi connectivity index (χ2v) is 5.30. The molecule has 0 aromatic heterocycles. The molecule has 0 radical (unpaired) electrons. The van der Waals surface area contributed by atoms with Gasteiger partial charge in [0.15, 0.2) is 11.4 Å². The Balaban J connectivity index is 4.66. The van der Waals surface area contributed by atoms with E-state index in [1.807, 2.05) is 0 Å². The van der Waals surface area contributed by atoms with E-state index in [1.54, 1.807) is 6.92 Å². The minimum atomic E-state index is -2.18. The molecule has 0 heterocycles. The van der Waals surface area contributed by atoms with Gasteiger partial charge >= 0.3 is 0 Å². The van der Waals surface area contributed by atoms with Gasteiger partial charge in [-0.25, -0.2) is 0 Å². The number of rotatable bonds is 9. The summed E-state index contributed by atoms with van der Waals surface area (Å²) in [6.07, 6.45) is 3.17. The third-order valence-corrected chi connectivity index (χ3v) is 3.69. The smallest absolute Gasteiger partial charge is 0.182 e. The first kappa shape index (κ1) is 17.8. The molecule has 0 aliphatic rings. The maximum Gasteiger partial charge on any atom is 0.182 e. The Morgan fingerprint density at radius 1 is 1.00 bits per heavy atom. The molecule has 0 bridgehead atoms. The fourth-order valence-electron chi connectivity index (χ4n) is 2.26. The van der Waals surface area contributed by atoms with E-state index in [0.29, 0.717) is 6.42 Å². The number of hydrogen-bond donors (Lipinski definition) is 5. The van der Waals surface area contributed by atoms with Crippen LogP contribution in [-0.2, 0) is 0 Å². The van der Waals surface area contributed by atoms with Gasteiger partial charge in [-0.1, -0.05) is 46.5 Å². The van der Waals surface area contributed by atoms with Crippen molar-refractivity contribution in [2.24, 2.45) is 17.4 Å². The van der Waals surface area contributed by atoms with Crippen LogP contribution in [0.3, 0.4) is 0 Å². The molecule has 0 saturated carbocycles. The molecule has 0 aromatic rings. The Kier molecular flexibility index (Phi) is 7.32. The standard InChI is InChI=1S/C13H30N2O3/c1-4-7-10(8-5-2)9-11(16)13(15,18)12(14,17)6-3/h10-11,16-18H,4-9,14-15H2,1-3H3. The van der Waals surface area contributed by atoms with E-state index in [1.165, 1.54) is 0 Å². The summed E-state index contributed by atoms with van der Waals surface area (Å²) in [5.41, 5.74) is 7.00. The summed E-state index contributed by atoms with van der Waals surface area (Å²) < 4.78 is 0. The molecule has 0 aromatic carbocycles. The molecule has 0 spiro atoms. The van der Waals surface area contributed by atoms with E-state index in [9.17, 15) is 15.3 Å². The molecule has 5 nitrogen and oxygen atoms in total. The van der Waals surface area contributed by atoms with E-state index in [2.05, 4.69) is 13.8 Å². The highest BCUT2D eigenvalue weighted by molar-refractivity contribution is 4.96. The fourth-order valence-corrected chi connectivity index (χ4v) is 2.26. The first-order valence-corrected chi connectivity index (χ1v) is 6.93. The Morgan fingerprint density at radius 3 is 1.78 bits per heavy atom. The lowest BCUT2D eigenvalue weighted by Crippen LogP contribution is -2.71. The summed E-state index contributed by atoms with van der Waals surface area (Å²) in [4.78, 5) is 0. The summed E-state index contributed by atoms with van der Waals surface area (Å²) in [6, 6.07) is 0. The van der Waals surface area contributed by atoms with Crippen molar-refractivity contribution in [3.8, 4) is 0 Å². The largest absolute Gasteiger partial charge is 0.388 e. The monoisotopic (exact) mass is 262 g/mol. The summed E-state index contributed by atoms with van der Waals surface area (Å²) >= 11 is 0. The molecule has 0 aliphatic carbocycles. The molecule has 18 heavy (non-hydrogen) atoms. The maximum absolute atomic E-state index is 10.1. The molecule has 7 N–H and O–H groups in total. The van der Waals surface area contributed by atoms with Gasteiger partial charge in [0, 0.05) is 0 Å². The van der Waals surface area contributed by atoms with Gasteiger partial charge in [-0.05, 0) is 18.8 Å². The van der Waals surface area contributed by atoms with Crippen LogP contribution in [0.25, 0.3) is 0 Å². The summed E-state index contributed by atoms with van der Waals surface area (Å²) in [5.74, 6) is 0.290. The average molecular weight is 262 g/mol. The van der Waals surface area contributed by atoms with Gasteiger partial charge in [0.2, 0.25) is 0 Å². The molecule has 0 saturated heterocycles. The molecule has 0 amide bonds. The van der Waals surface area contributed by atoms with Gasteiger partial charge in [0.05, 0.1) is 0 Å². The number of aliphatic hydroxyl groups excluding tert-OH is 1. The normalized spacial score (nSPS) is 20.5. The minimum absolute atomic E-state index is 0.0727. The highest BCUT2D eigenvalue weighted by Gasteiger charge is 2.48. The summed E-state index contributed by atoms with van der Waals surface area (Å²) in [7, 11) is 0. The van der Waals surface area contributed by atoms with Crippen molar-refractivity contribution in [3.63, 3.8) is 0 Å². The third kappa shape index (κ3) is 4.48. The minimum Gasteiger partial charge on any atom is -0.388 e. The zero-order valence-electron chi connectivity index (χ0n) is 11.9. The maximum atomic E-state index is 10.1. The first-order chi connectivity index (χ1) is 8.22. The molecular weight excluding hydrogens is 232 g/mol. The zero-order valence-corrected chi connectivity index (χ0v) is 11.9. The van der Waals surface area contributed by atoms with Gasteiger partial charge in [-0.3, -0.25) is 11.5 Å². The third-order valence-electron chi connectivity index (χ3n) is 3.69. The van der Waals surface area contributed by atoms with Gasteiger partial charge in [0.25, 0.3) is 0 Å². The quantitative estimate of drug-likeness (QED) is 0.392. The van der Waals surface area contributed by atoms with Crippen molar-refractivity contribution >= 4 is 0 Å². The van der Waals surface area contributed by atoms with Gasteiger partial charge in [-0.15, -0.1) is 0 Å². The van der Waals surface area contributed by atoms with Crippen molar-refractivity contribution in [1.29, 1.82) is 0 Å². The summed E-state index contributed by atoms with van der Waals surface area (Å²) in [5, 5.41) is 29.9. The predicted molar refractivity (Wildman–Crippen MR) is 72.5 cm³/mol. The molecule has 3 atom stereocenters. The molecular formula is C13H30N2O3. The Morgan fingerprint density at radius 2 is 1.44 bits per heavy atom. The lowest BCUT2D eigenvalue weighted by atomic mass is 9.84. The van der Waals surface area contributed by atoms with Crippen molar-refractivity contribution in [3.05, 3.63) is 0 Å². The number of nitrogens with two attached hydrogens (primary N) is 2. The van der Waals surface area contributed by atoms with E-state index in [-0.39, 0.29) is 12.3 Å². The van der Waals surface area contributed by atoms with Crippen LogP contribution < -0.4 is 11.5 Å². The van der Waals surface area contributed by atoms with E-state index < -0.39 is 17.6 Å². The Bertz CT molecular complexity index is 226. The van der Waals surface area contributed by atoms with Gasteiger partial charge < -0.3 is 15.3 Å². The van der Waals surface area contributed by atoms with Crippen molar-refractivity contribution in [1.82, 2.24) is 0 Å². The Hall–Kier alpha value is -0.200. The lowest BCUT2D eigenvalue weighted by molar-refractivity contribution is -0.203. The van der Waals surface area contributed by atoms with E-state index >= 15 is 0 Å². The zero-order chi connectivity index (χ0) is 14.4. The van der Waals surface area contributed by atoms with Gasteiger partial charge in [-0.2, -0.15) is 0 Å². The van der Waals surface area contributed by atoms with E-state index in [4.69, 9.17) is 11.5 Å².